The third-order valence-corrected chi connectivity index (χ3v) is 6.48. The first kappa shape index (κ1) is 23.9. The molecule has 182 valence electrons. The fraction of sp³-hybridized carbons (Fsp3) is 0.462. The van der Waals surface area contributed by atoms with E-state index in [1.807, 2.05) is 34.1 Å². The van der Waals surface area contributed by atoms with E-state index < -0.39 is 0 Å². The zero-order valence-corrected chi connectivity index (χ0v) is 20.2. The van der Waals surface area contributed by atoms with E-state index in [0.717, 1.165) is 49.6 Å². The van der Waals surface area contributed by atoms with Gasteiger partial charge < -0.3 is 24.0 Å². The molecule has 8 nitrogen and oxygen atoms in total. The Morgan fingerprint density at radius 2 is 1.62 bits per heavy atom. The number of methoxy groups -OCH3 is 2. The van der Waals surface area contributed by atoms with Crippen molar-refractivity contribution in [2.75, 3.05) is 53.6 Å². The van der Waals surface area contributed by atoms with Gasteiger partial charge in [0.1, 0.15) is 12.4 Å². The molecule has 0 aromatic heterocycles. The first-order valence-electron chi connectivity index (χ1n) is 11.7. The number of carbonyl (C=O) groups is 2. The van der Waals surface area contributed by atoms with Crippen LogP contribution in [0.3, 0.4) is 0 Å². The first-order chi connectivity index (χ1) is 16.5. The Balaban J connectivity index is 1.41. The van der Waals surface area contributed by atoms with Crippen LogP contribution in [-0.4, -0.2) is 80.1 Å². The molecule has 0 unspecified atom stereocenters. The summed E-state index contributed by atoms with van der Waals surface area (Å²) in [5.74, 6) is 2.29. The van der Waals surface area contributed by atoms with E-state index in [4.69, 9.17) is 14.2 Å². The van der Waals surface area contributed by atoms with Crippen LogP contribution in [0.4, 0.5) is 0 Å². The number of hydrogen-bond donors (Lipinski definition) is 0. The lowest BCUT2D eigenvalue weighted by atomic mass is 10.1. The van der Waals surface area contributed by atoms with Crippen molar-refractivity contribution in [3.05, 3.63) is 53.1 Å². The second-order valence-corrected chi connectivity index (χ2v) is 8.75. The van der Waals surface area contributed by atoms with E-state index in [9.17, 15) is 9.59 Å². The summed E-state index contributed by atoms with van der Waals surface area (Å²) in [6.45, 7) is 7.24. The summed E-state index contributed by atoms with van der Waals surface area (Å²) < 4.78 is 16.6. The highest BCUT2D eigenvalue weighted by Gasteiger charge is 2.22. The number of ether oxygens (including phenoxy) is 3. The van der Waals surface area contributed by atoms with Crippen molar-refractivity contribution in [2.24, 2.45) is 0 Å². The minimum Gasteiger partial charge on any atom is -0.493 e. The summed E-state index contributed by atoms with van der Waals surface area (Å²) in [5, 5.41) is 0. The molecule has 34 heavy (non-hydrogen) atoms. The molecule has 2 amide bonds. The minimum atomic E-state index is 0.0504. The second kappa shape index (κ2) is 10.8. The molecule has 4 rings (SSSR count). The van der Waals surface area contributed by atoms with Crippen molar-refractivity contribution in [2.45, 2.75) is 26.4 Å². The lowest BCUT2D eigenvalue weighted by Crippen LogP contribution is -2.47. The number of nitrogens with zero attached hydrogens (tertiary/aromatic N) is 3. The summed E-state index contributed by atoms with van der Waals surface area (Å²) in [7, 11) is 3.19. The monoisotopic (exact) mass is 467 g/mol. The van der Waals surface area contributed by atoms with Gasteiger partial charge in [0.05, 0.1) is 27.2 Å². The summed E-state index contributed by atoms with van der Waals surface area (Å²) in [4.78, 5) is 30.8. The molecule has 0 N–H and O–H groups in total. The maximum absolute atomic E-state index is 13.1. The van der Waals surface area contributed by atoms with Gasteiger partial charge in [-0.3, -0.25) is 14.5 Å². The van der Waals surface area contributed by atoms with Crippen LogP contribution in [0.2, 0.25) is 0 Å². The molecule has 1 saturated heterocycles. The number of hydrogen-bond acceptors (Lipinski definition) is 6. The van der Waals surface area contributed by atoms with Crippen LogP contribution in [0, 0.1) is 0 Å². The molecule has 0 spiro atoms. The summed E-state index contributed by atoms with van der Waals surface area (Å²) in [5.41, 5.74) is 3.09. The molecule has 2 aliphatic heterocycles. The Kier molecular flexibility index (Phi) is 7.57. The maximum Gasteiger partial charge on any atom is 0.227 e. The van der Waals surface area contributed by atoms with Gasteiger partial charge in [-0.05, 0) is 35.4 Å². The van der Waals surface area contributed by atoms with Crippen molar-refractivity contribution < 1.29 is 23.8 Å². The van der Waals surface area contributed by atoms with Crippen molar-refractivity contribution in [1.82, 2.24) is 14.7 Å². The van der Waals surface area contributed by atoms with Gasteiger partial charge in [0, 0.05) is 51.8 Å². The molecule has 1 fully saturated rings. The molecule has 0 radical (unpaired) electrons. The lowest BCUT2D eigenvalue weighted by molar-refractivity contribution is -0.131. The molecule has 2 aromatic rings. The third-order valence-electron chi connectivity index (χ3n) is 6.48. The van der Waals surface area contributed by atoms with E-state index in [2.05, 4.69) is 17.0 Å². The highest BCUT2D eigenvalue weighted by Crippen LogP contribution is 2.29. The van der Waals surface area contributed by atoms with E-state index in [0.29, 0.717) is 31.2 Å². The van der Waals surface area contributed by atoms with Gasteiger partial charge in [-0.1, -0.05) is 12.1 Å². The van der Waals surface area contributed by atoms with Crippen molar-refractivity contribution in [1.29, 1.82) is 0 Å². The highest BCUT2D eigenvalue weighted by atomic mass is 16.5. The van der Waals surface area contributed by atoms with Crippen LogP contribution < -0.4 is 14.2 Å². The van der Waals surface area contributed by atoms with Gasteiger partial charge in [-0.15, -0.1) is 0 Å². The molecule has 2 aliphatic rings. The minimum absolute atomic E-state index is 0.0504. The van der Waals surface area contributed by atoms with Crippen LogP contribution in [-0.2, 0) is 29.1 Å². The predicted molar refractivity (Wildman–Crippen MR) is 128 cm³/mol. The normalized spacial score (nSPS) is 16.3. The van der Waals surface area contributed by atoms with E-state index in [1.54, 1.807) is 21.1 Å². The van der Waals surface area contributed by atoms with Crippen molar-refractivity contribution in [3.63, 3.8) is 0 Å². The van der Waals surface area contributed by atoms with E-state index in [-0.39, 0.29) is 18.2 Å². The molecule has 0 aliphatic carbocycles. The Labute approximate surface area is 201 Å². The number of amides is 2. The largest absolute Gasteiger partial charge is 0.493 e. The zero-order chi connectivity index (χ0) is 24.1. The first-order valence-corrected chi connectivity index (χ1v) is 11.7. The molecule has 2 aromatic carbocycles. The van der Waals surface area contributed by atoms with Gasteiger partial charge in [0.25, 0.3) is 0 Å². The summed E-state index contributed by atoms with van der Waals surface area (Å²) in [6, 6.07) is 11.8. The fourth-order valence-electron chi connectivity index (χ4n) is 4.51. The molecule has 0 atom stereocenters. The molecule has 0 saturated carbocycles. The summed E-state index contributed by atoms with van der Waals surface area (Å²) in [6.07, 6.45) is 0.288. The standard InChI is InChI=1S/C26H33N3O5/c1-19(30)28-10-8-27(9-11-28)17-21-5-6-23-22(14-21)18-29(12-13-34-23)26(31)16-20-4-7-24(32-2)25(15-20)33-3/h4-7,14-15H,8-13,16-18H2,1-3H3. The molecule has 0 bridgehead atoms. The van der Waals surface area contributed by atoms with Crippen LogP contribution >= 0.6 is 0 Å². The van der Waals surface area contributed by atoms with Gasteiger partial charge in [0.2, 0.25) is 11.8 Å². The predicted octanol–water partition coefficient (Wildman–Crippen LogP) is 2.33. The quantitative estimate of drug-likeness (QED) is 0.650. The maximum atomic E-state index is 13.1. The summed E-state index contributed by atoms with van der Waals surface area (Å²) >= 11 is 0. The lowest BCUT2D eigenvalue weighted by Gasteiger charge is -2.34. The smallest absolute Gasteiger partial charge is 0.227 e. The highest BCUT2D eigenvalue weighted by molar-refractivity contribution is 5.79. The average Bonchev–Trinajstić information content (AvgIpc) is 3.06. The Hall–Kier alpha value is -3.26. The molecule has 8 heteroatoms. The van der Waals surface area contributed by atoms with Crippen molar-refractivity contribution >= 4 is 11.8 Å². The van der Waals surface area contributed by atoms with E-state index >= 15 is 0 Å². The van der Waals surface area contributed by atoms with Crippen LogP contribution in [0.15, 0.2) is 36.4 Å². The Morgan fingerprint density at radius 3 is 2.32 bits per heavy atom. The Bertz CT molecular complexity index is 1030. The molecule has 2 heterocycles. The molecular weight excluding hydrogens is 434 g/mol. The topological polar surface area (TPSA) is 71.5 Å². The number of rotatable bonds is 6. The third kappa shape index (κ3) is 5.62. The van der Waals surface area contributed by atoms with E-state index in [1.165, 1.54) is 5.56 Å². The number of carbonyl (C=O) groups excluding carboxylic acids is 2. The number of fused-ring (bicyclic) bond motifs is 1. The van der Waals surface area contributed by atoms with Gasteiger partial charge in [-0.25, -0.2) is 0 Å². The SMILES string of the molecule is COc1ccc(CC(=O)N2CCOc3ccc(CN4CCN(C(C)=O)CC4)cc3C2)cc1OC. The average molecular weight is 468 g/mol. The van der Waals surface area contributed by atoms with Crippen LogP contribution in [0.1, 0.15) is 23.6 Å². The zero-order valence-electron chi connectivity index (χ0n) is 20.2. The number of benzene rings is 2. The Morgan fingerprint density at radius 1 is 0.882 bits per heavy atom. The fourth-order valence-corrected chi connectivity index (χ4v) is 4.51. The van der Waals surface area contributed by atoms with Crippen molar-refractivity contribution in [3.8, 4) is 17.2 Å². The van der Waals surface area contributed by atoms with Crippen LogP contribution in [0.25, 0.3) is 0 Å². The number of piperazine rings is 1. The van der Waals surface area contributed by atoms with Gasteiger partial charge >= 0.3 is 0 Å². The van der Waals surface area contributed by atoms with Gasteiger partial charge in [-0.2, -0.15) is 0 Å². The van der Waals surface area contributed by atoms with Gasteiger partial charge in [0.15, 0.2) is 11.5 Å². The van der Waals surface area contributed by atoms with Crippen LogP contribution in [0.5, 0.6) is 17.2 Å². The second-order valence-electron chi connectivity index (χ2n) is 8.75. The molecular formula is C26H33N3O5.